The topological polar surface area (TPSA) is 77.2 Å². The van der Waals surface area contributed by atoms with Crippen LogP contribution in [0, 0.1) is 5.92 Å². The minimum atomic E-state index is -0.223. The molecule has 5 nitrogen and oxygen atoms in total. The van der Waals surface area contributed by atoms with Gasteiger partial charge in [0.15, 0.2) is 0 Å². The number of aromatic nitrogens is 1. The van der Waals surface area contributed by atoms with E-state index in [0.29, 0.717) is 12.5 Å². The number of H-pyrrole nitrogens is 1. The Bertz CT molecular complexity index is 607. The van der Waals surface area contributed by atoms with Crippen molar-refractivity contribution >= 4 is 16.9 Å². The number of aliphatic hydroxyl groups excluding tert-OH is 1. The first-order valence-electron chi connectivity index (χ1n) is 7.80. The summed E-state index contributed by atoms with van der Waals surface area (Å²) in [6.07, 6.45) is 3.53. The van der Waals surface area contributed by atoms with Gasteiger partial charge in [0.2, 0.25) is 0 Å². The predicted molar refractivity (Wildman–Crippen MR) is 88.9 cm³/mol. The molecule has 0 aliphatic rings. The maximum Gasteiger partial charge on any atom is 0.315 e. The molecular weight excluding hydrogens is 278 g/mol. The molecule has 0 aliphatic heterocycles. The van der Waals surface area contributed by atoms with Crippen molar-refractivity contribution in [2.24, 2.45) is 5.92 Å². The number of carbonyl (C=O) groups is 1. The standard InChI is InChI=1S/C17H25N3O2/c1-12(2)9-14(11-21)20-17(22)18-8-7-13-10-19-16-6-4-3-5-15(13)16/h3-6,10,12,14,19,21H,7-9,11H2,1-2H3,(H2,18,20,22). The van der Waals surface area contributed by atoms with Crippen molar-refractivity contribution in [2.45, 2.75) is 32.7 Å². The first kappa shape index (κ1) is 16.4. The van der Waals surface area contributed by atoms with E-state index < -0.39 is 0 Å². The molecule has 2 aromatic rings. The highest BCUT2D eigenvalue weighted by Gasteiger charge is 2.12. The van der Waals surface area contributed by atoms with Crippen LogP contribution in [0.15, 0.2) is 30.5 Å². The smallest absolute Gasteiger partial charge is 0.315 e. The number of urea groups is 1. The van der Waals surface area contributed by atoms with Gasteiger partial charge in [-0.2, -0.15) is 0 Å². The van der Waals surface area contributed by atoms with E-state index in [0.717, 1.165) is 18.4 Å². The Balaban J connectivity index is 1.79. The Morgan fingerprint density at radius 3 is 2.82 bits per heavy atom. The molecule has 1 heterocycles. The second kappa shape index (κ2) is 7.84. The third kappa shape index (κ3) is 4.49. The number of amides is 2. The van der Waals surface area contributed by atoms with Gasteiger partial charge >= 0.3 is 6.03 Å². The minimum Gasteiger partial charge on any atom is -0.394 e. The van der Waals surface area contributed by atoms with Crippen LogP contribution in [0.3, 0.4) is 0 Å². The first-order chi connectivity index (χ1) is 10.6. The molecule has 1 unspecified atom stereocenters. The molecule has 0 bridgehead atoms. The SMILES string of the molecule is CC(C)CC(CO)NC(=O)NCCc1c[nH]c2ccccc12. The van der Waals surface area contributed by atoms with Gasteiger partial charge in [0.25, 0.3) is 0 Å². The zero-order valence-corrected chi connectivity index (χ0v) is 13.2. The van der Waals surface area contributed by atoms with E-state index in [-0.39, 0.29) is 18.7 Å². The zero-order valence-electron chi connectivity index (χ0n) is 13.2. The summed E-state index contributed by atoms with van der Waals surface area (Å²) in [5, 5.41) is 16.1. The van der Waals surface area contributed by atoms with Crippen LogP contribution in [0.2, 0.25) is 0 Å². The van der Waals surface area contributed by atoms with E-state index >= 15 is 0 Å². The van der Waals surface area contributed by atoms with E-state index in [1.807, 2.05) is 24.4 Å². The van der Waals surface area contributed by atoms with Gasteiger partial charge in [0, 0.05) is 23.6 Å². The molecule has 1 aromatic carbocycles. The lowest BCUT2D eigenvalue weighted by Gasteiger charge is -2.18. The lowest BCUT2D eigenvalue weighted by atomic mass is 10.0. The summed E-state index contributed by atoms with van der Waals surface area (Å²) >= 11 is 0. The van der Waals surface area contributed by atoms with Crippen LogP contribution >= 0.6 is 0 Å². The minimum absolute atomic E-state index is 0.0337. The highest BCUT2D eigenvalue weighted by molar-refractivity contribution is 5.83. The number of fused-ring (bicyclic) bond motifs is 1. The van der Waals surface area contributed by atoms with Crippen LogP contribution < -0.4 is 10.6 Å². The van der Waals surface area contributed by atoms with Gasteiger partial charge in [0.05, 0.1) is 12.6 Å². The summed E-state index contributed by atoms with van der Waals surface area (Å²) in [6, 6.07) is 7.71. The van der Waals surface area contributed by atoms with Crippen molar-refractivity contribution in [1.29, 1.82) is 0 Å². The molecule has 2 rings (SSSR count). The van der Waals surface area contributed by atoms with E-state index in [9.17, 15) is 9.90 Å². The summed E-state index contributed by atoms with van der Waals surface area (Å²) in [4.78, 5) is 15.1. The van der Waals surface area contributed by atoms with Crippen LogP contribution in [0.25, 0.3) is 10.9 Å². The van der Waals surface area contributed by atoms with Crippen molar-refractivity contribution in [3.63, 3.8) is 0 Å². The maximum absolute atomic E-state index is 11.8. The molecule has 0 aliphatic carbocycles. The second-order valence-corrected chi connectivity index (χ2v) is 6.02. The molecule has 1 aromatic heterocycles. The lowest BCUT2D eigenvalue weighted by Crippen LogP contribution is -2.44. The highest BCUT2D eigenvalue weighted by Crippen LogP contribution is 2.17. The van der Waals surface area contributed by atoms with Crippen LogP contribution in [0.1, 0.15) is 25.8 Å². The fraction of sp³-hybridized carbons (Fsp3) is 0.471. The van der Waals surface area contributed by atoms with Crippen LogP contribution in [-0.2, 0) is 6.42 Å². The van der Waals surface area contributed by atoms with E-state index in [1.165, 1.54) is 10.9 Å². The summed E-state index contributed by atoms with van der Waals surface area (Å²) in [5.74, 6) is 0.434. The number of aliphatic hydroxyl groups is 1. The Hall–Kier alpha value is -2.01. The monoisotopic (exact) mass is 303 g/mol. The number of hydrogen-bond donors (Lipinski definition) is 4. The fourth-order valence-corrected chi connectivity index (χ4v) is 2.63. The maximum atomic E-state index is 11.8. The second-order valence-electron chi connectivity index (χ2n) is 6.02. The molecule has 2 amide bonds. The van der Waals surface area contributed by atoms with E-state index in [2.05, 4.69) is 35.5 Å². The summed E-state index contributed by atoms with van der Waals surface area (Å²) in [5.41, 5.74) is 2.30. The molecule has 0 radical (unpaired) electrons. The highest BCUT2D eigenvalue weighted by atomic mass is 16.3. The number of rotatable bonds is 7. The number of benzene rings is 1. The Kier molecular flexibility index (Phi) is 5.83. The quantitative estimate of drug-likeness (QED) is 0.634. The van der Waals surface area contributed by atoms with E-state index in [4.69, 9.17) is 0 Å². The summed E-state index contributed by atoms with van der Waals surface area (Å²) in [6.45, 7) is 4.67. The van der Waals surface area contributed by atoms with Crippen molar-refractivity contribution in [1.82, 2.24) is 15.6 Å². The molecule has 22 heavy (non-hydrogen) atoms. The van der Waals surface area contributed by atoms with E-state index in [1.54, 1.807) is 0 Å². The molecule has 120 valence electrons. The van der Waals surface area contributed by atoms with Gasteiger partial charge < -0.3 is 20.7 Å². The van der Waals surface area contributed by atoms with Crippen molar-refractivity contribution in [3.8, 4) is 0 Å². The Morgan fingerprint density at radius 2 is 2.09 bits per heavy atom. The normalized spacial score (nSPS) is 12.5. The average molecular weight is 303 g/mol. The predicted octanol–water partition coefficient (Wildman–Crippen LogP) is 2.42. The number of aromatic amines is 1. The van der Waals surface area contributed by atoms with Crippen LogP contribution in [-0.4, -0.2) is 35.3 Å². The Labute approximate surface area is 131 Å². The number of nitrogens with one attached hydrogen (secondary N) is 3. The zero-order chi connectivity index (χ0) is 15.9. The third-order valence-corrected chi connectivity index (χ3v) is 3.67. The van der Waals surface area contributed by atoms with Crippen LogP contribution in [0.4, 0.5) is 4.79 Å². The van der Waals surface area contributed by atoms with Crippen molar-refractivity contribution < 1.29 is 9.90 Å². The van der Waals surface area contributed by atoms with Crippen LogP contribution in [0.5, 0.6) is 0 Å². The third-order valence-electron chi connectivity index (χ3n) is 3.67. The van der Waals surface area contributed by atoms with Gasteiger partial charge in [-0.05, 0) is 30.4 Å². The number of carbonyl (C=O) groups excluding carboxylic acids is 1. The molecule has 4 N–H and O–H groups in total. The van der Waals surface area contributed by atoms with Gasteiger partial charge in [-0.1, -0.05) is 32.0 Å². The van der Waals surface area contributed by atoms with Crippen molar-refractivity contribution in [3.05, 3.63) is 36.0 Å². The summed E-state index contributed by atoms with van der Waals surface area (Å²) < 4.78 is 0. The molecule has 0 saturated heterocycles. The average Bonchev–Trinajstić information content (AvgIpc) is 2.89. The van der Waals surface area contributed by atoms with Crippen molar-refractivity contribution in [2.75, 3.05) is 13.2 Å². The van der Waals surface area contributed by atoms with Gasteiger partial charge in [-0.15, -0.1) is 0 Å². The summed E-state index contributed by atoms with van der Waals surface area (Å²) in [7, 11) is 0. The molecule has 1 atom stereocenters. The number of hydrogen-bond acceptors (Lipinski definition) is 2. The van der Waals surface area contributed by atoms with Gasteiger partial charge in [-0.3, -0.25) is 0 Å². The molecule has 0 fully saturated rings. The largest absolute Gasteiger partial charge is 0.394 e. The molecule has 0 spiro atoms. The number of para-hydroxylation sites is 1. The Morgan fingerprint density at radius 1 is 1.32 bits per heavy atom. The van der Waals surface area contributed by atoms with Gasteiger partial charge in [0.1, 0.15) is 0 Å². The fourth-order valence-electron chi connectivity index (χ4n) is 2.63. The van der Waals surface area contributed by atoms with Gasteiger partial charge in [-0.25, -0.2) is 4.79 Å². The lowest BCUT2D eigenvalue weighted by molar-refractivity contribution is 0.207. The molecular formula is C17H25N3O2. The molecule has 0 saturated carbocycles. The molecule has 5 heteroatoms. The first-order valence-corrected chi connectivity index (χ1v) is 7.80.